The Morgan fingerprint density at radius 2 is 0.688 bits per heavy atom. The SMILES string of the molecule is CC(=O)O.CC(=O)O.CC(=O)O.CC(C)C. The van der Waals surface area contributed by atoms with E-state index in [-0.39, 0.29) is 0 Å². The van der Waals surface area contributed by atoms with Crippen molar-refractivity contribution in [1.82, 2.24) is 0 Å². The molecular formula is C10H22O6. The van der Waals surface area contributed by atoms with Crippen LogP contribution in [0.15, 0.2) is 0 Å². The third kappa shape index (κ3) is 639. The quantitative estimate of drug-likeness (QED) is 0.594. The molecule has 0 aliphatic heterocycles. The van der Waals surface area contributed by atoms with Gasteiger partial charge in [0.25, 0.3) is 17.9 Å². The van der Waals surface area contributed by atoms with Crippen molar-refractivity contribution in [1.29, 1.82) is 0 Å². The minimum atomic E-state index is -0.833. The van der Waals surface area contributed by atoms with Gasteiger partial charge >= 0.3 is 0 Å². The lowest BCUT2D eigenvalue weighted by Crippen LogP contribution is -1.78. The first kappa shape index (κ1) is 23.9. The van der Waals surface area contributed by atoms with Crippen LogP contribution in [-0.2, 0) is 14.4 Å². The van der Waals surface area contributed by atoms with Crippen LogP contribution >= 0.6 is 0 Å². The average molecular weight is 238 g/mol. The zero-order chi connectivity index (χ0) is 14.3. The molecule has 0 spiro atoms. The van der Waals surface area contributed by atoms with Gasteiger partial charge in [0, 0.05) is 20.8 Å². The molecule has 0 aromatic heterocycles. The van der Waals surface area contributed by atoms with Crippen molar-refractivity contribution in [3.8, 4) is 0 Å². The summed E-state index contributed by atoms with van der Waals surface area (Å²) < 4.78 is 0. The van der Waals surface area contributed by atoms with Gasteiger partial charge in [-0.05, 0) is 5.92 Å². The first-order valence-electron chi connectivity index (χ1n) is 4.52. The van der Waals surface area contributed by atoms with Crippen LogP contribution in [0.5, 0.6) is 0 Å². The second kappa shape index (κ2) is 19.1. The van der Waals surface area contributed by atoms with Crippen LogP contribution in [0.2, 0.25) is 0 Å². The van der Waals surface area contributed by atoms with E-state index in [0.717, 1.165) is 26.7 Å². The molecule has 0 aliphatic carbocycles. The summed E-state index contributed by atoms with van der Waals surface area (Å²) in [7, 11) is 0. The first-order valence-corrected chi connectivity index (χ1v) is 4.52. The molecular weight excluding hydrogens is 216 g/mol. The van der Waals surface area contributed by atoms with Gasteiger partial charge in [-0.25, -0.2) is 0 Å². The van der Waals surface area contributed by atoms with E-state index >= 15 is 0 Å². The number of rotatable bonds is 0. The van der Waals surface area contributed by atoms with Gasteiger partial charge in [0.15, 0.2) is 0 Å². The molecule has 0 atom stereocenters. The second-order valence-corrected chi connectivity index (χ2v) is 3.29. The molecule has 0 saturated heterocycles. The summed E-state index contributed by atoms with van der Waals surface area (Å²) in [6.45, 7) is 9.75. The van der Waals surface area contributed by atoms with Crippen LogP contribution in [0.3, 0.4) is 0 Å². The summed E-state index contributed by atoms with van der Waals surface area (Å²) >= 11 is 0. The largest absolute Gasteiger partial charge is 0.481 e. The third-order valence-electron chi connectivity index (χ3n) is 0. The van der Waals surface area contributed by atoms with Crippen LogP contribution < -0.4 is 0 Å². The fourth-order valence-electron chi connectivity index (χ4n) is 0. The summed E-state index contributed by atoms with van der Waals surface area (Å²) in [4.78, 5) is 27.0. The van der Waals surface area contributed by atoms with Gasteiger partial charge in [-0.1, -0.05) is 20.8 Å². The van der Waals surface area contributed by atoms with Gasteiger partial charge in [0.2, 0.25) is 0 Å². The van der Waals surface area contributed by atoms with E-state index < -0.39 is 17.9 Å². The molecule has 6 nitrogen and oxygen atoms in total. The fourth-order valence-corrected chi connectivity index (χ4v) is 0. The van der Waals surface area contributed by atoms with Crippen LogP contribution in [0, 0.1) is 5.92 Å². The summed E-state index contributed by atoms with van der Waals surface area (Å²) in [5.41, 5.74) is 0. The van der Waals surface area contributed by atoms with Crippen molar-refractivity contribution >= 4 is 17.9 Å². The van der Waals surface area contributed by atoms with Crippen LogP contribution in [0.4, 0.5) is 0 Å². The highest BCUT2D eigenvalue weighted by molar-refractivity contribution is 5.63. The summed E-state index contributed by atoms with van der Waals surface area (Å²) in [5.74, 6) is -1.67. The maximum atomic E-state index is 9.00. The molecule has 0 amide bonds. The van der Waals surface area contributed by atoms with E-state index in [0.29, 0.717) is 0 Å². The van der Waals surface area contributed by atoms with E-state index in [1.165, 1.54) is 0 Å². The molecule has 3 N–H and O–H groups in total. The Hall–Kier alpha value is -1.59. The van der Waals surface area contributed by atoms with E-state index in [1.54, 1.807) is 0 Å². The maximum absolute atomic E-state index is 9.00. The Morgan fingerprint density at radius 1 is 0.688 bits per heavy atom. The molecule has 98 valence electrons. The predicted molar refractivity (Wildman–Crippen MR) is 60.4 cm³/mol. The Kier molecular flexibility index (Phi) is 28.5. The monoisotopic (exact) mass is 238 g/mol. The molecule has 0 heterocycles. The Morgan fingerprint density at radius 3 is 0.688 bits per heavy atom. The highest BCUT2D eigenvalue weighted by atomic mass is 16.4. The van der Waals surface area contributed by atoms with E-state index in [9.17, 15) is 0 Å². The summed E-state index contributed by atoms with van der Waals surface area (Å²) in [5, 5.41) is 22.2. The maximum Gasteiger partial charge on any atom is 0.300 e. The Labute approximate surface area is 95.9 Å². The molecule has 0 radical (unpaired) electrons. The van der Waals surface area contributed by atoms with Gasteiger partial charge in [-0.15, -0.1) is 0 Å². The zero-order valence-corrected chi connectivity index (χ0v) is 10.6. The number of carboxylic acids is 3. The molecule has 6 heteroatoms. The molecule has 0 aromatic carbocycles. The van der Waals surface area contributed by atoms with E-state index in [4.69, 9.17) is 29.7 Å². The smallest absolute Gasteiger partial charge is 0.300 e. The van der Waals surface area contributed by atoms with Gasteiger partial charge in [0.05, 0.1) is 0 Å². The van der Waals surface area contributed by atoms with Crippen molar-refractivity contribution < 1.29 is 29.7 Å². The van der Waals surface area contributed by atoms with E-state index in [2.05, 4.69) is 20.8 Å². The van der Waals surface area contributed by atoms with Crippen molar-refractivity contribution in [2.45, 2.75) is 41.5 Å². The van der Waals surface area contributed by atoms with Crippen molar-refractivity contribution in [2.75, 3.05) is 0 Å². The molecule has 0 fully saturated rings. The van der Waals surface area contributed by atoms with Gasteiger partial charge in [-0.3, -0.25) is 14.4 Å². The third-order valence-corrected chi connectivity index (χ3v) is 0. The molecule has 0 aromatic rings. The van der Waals surface area contributed by atoms with Crippen LogP contribution in [-0.4, -0.2) is 33.2 Å². The Balaban J connectivity index is -0.0000000600. The van der Waals surface area contributed by atoms with Gasteiger partial charge in [0.1, 0.15) is 0 Å². The minimum Gasteiger partial charge on any atom is -0.481 e. The highest BCUT2D eigenvalue weighted by Gasteiger charge is 1.68. The number of carbonyl (C=O) groups is 3. The summed E-state index contributed by atoms with van der Waals surface area (Å²) in [6.07, 6.45) is 0. The van der Waals surface area contributed by atoms with Gasteiger partial charge in [-0.2, -0.15) is 0 Å². The molecule has 0 bridgehead atoms. The molecule has 0 saturated carbocycles. The summed E-state index contributed by atoms with van der Waals surface area (Å²) in [6, 6.07) is 0. The lowest BCUT2D eigenvalue weighted by molar-refractivity contribution is -0.135. The van der Waals surface area contributed by atoms with Crippen LogP contribution in [0.1, 0.15) is 41.5 Å². The number of carboxylic acid groups (broad SMARTS) is 3. The van der Waals surface area contributed by atoms with Crippen molar-refractivity contribution in [3.63, 3.8) is 0 Å². The number of aliphatic carboxylic acids is 3. The predicted octanol–water partition coefficient (Wildman–Crippen LogP) is 1.93. The number of hydrogen-bond acceptors (Lipinski definition) is 3. The average Bonchev–Trinajstić information content (AvgIpc) is 1.76. The first-order chi connectivity index (χ1) is 6.93. The topological polar surface area (TPSA) is 112 Å². The van der Waals surface area contributed by atoms with Crippen molar-refractivity contribution in [3.05, 3.63) is 0 Å². The highest BCUT2D eigenvalue weighted by Crippen LogP contribution is 1.81. The zero-order valence-electron chi connectivity index (χ0n) is 10.6. The minimum absolute atomic E-state index is 0.833. The molecule has 0 aliphatic rings. The van der Waals surface area contributed by atoms with Crippen LogP contribution in [0.25, 0.3) is 0 Å². The second-order valence-electron chi connectivity index (χ2n) is 3.29. The molecule has 16 heavy (non-hydrogen) atoms. The van der Waals surface area contributed by atoms with Crippen molar-refractivity contribution in [2.24, 2.45) is 5.92 Å². The Bertz CT molecular complexity index is 142. The normalized spacial score (nSPS) is 6.94. The van der Waals surface area contributed by atoms with E-state index in [1.807, 2.05) is 0 Å². The standard InChI is InChI=1S/C4H10.3C2H4O2/c1-4(2)3;3*1-2(3)4/h4H,1-3H3;3*1H3,(H,3,4). The molecule has 0 unspecified atom stereocenters. The fraction of sp³-hybridized carbons (Fsp3) is 0.700. The lowest BCUT2D eigenvalue weighted by atomic mass is 10.3. The number of hydrogen-bond donors (Lipinski definition) is 3. The molecule has 0 rings (SSSR count). The van der Waals surface area contributed by atoms with Gasteiger partial charge < -0.3 is 15.3 Å². The lowest BCUT2D eigenvalue weighted by Gasteiger charge is -1.79.